The van der Waals surface area contributed by atoms with Crippen LogP contribution in [0.4, 0.5) is 0 Å². The zero-order valence-corrected chi connectivity index (χ0v) is 14.6. The molecule has 0 N–H and O–H groups in total. The van der Waals surface area contributed by atoms with E-state index in [0.717, 1.165) is 27.0 Å². The molecule has 0 saturated heterocycles. The molecule has 1 aromatic heterocycles. The van der Waals surface area contributed by atoms with Gasteiger partial charge in [-0.05, 0) is 62.6 Å². The Morgan fingerprint density at radius 1 is 1.05 bits per heavy atom. The first-order valence-electron chi connectivity index (χ1n) is 7.07. The highest BCUT2D eigenvalue weighted by Gasteiger charge is 2.22. The lowest BCUT2D eigenvalue weighted by Crippen LogP contribution is -1.95. The second-order valence-corrected chi connectivity index (χ2v) is 7.41. The number of rotatable bonds is 2. The summed E-state index contributed by atoms with van der Waals surface area (Å²) in [6.07, 6.45) is 0. The first-order valence-corrected chi connectivity index (χ1v) is 8.60. The van der Waals surface area contributed by atoms with Crippen molar-refractivity contribution in [2.45, 2.75) is 37.5 Å². The van der Waals surface area contributed by atoms with E-state index in [2.05, 4.69) is 13.0 Å². The molecule has 0 spiro atoms. The van der Waals surface area contributed by atoms with Crippen LogP contribution in [0.5, 0.6) is 0 Å². The van der Waals surface area contributed by atoms with Crippen molar-refractivity contribution in [3.63, 3.8) is 0 Å². The Labute approximate surface area is 137 Å². The maximum Gasteiger partial charge on any atom is 0.138 e. The van der Waals surface area contributed by atoms with Gasteiger partial charge in [0.1, 0.15) is 11.3 Å². The molecule has 22 heavy (non-hydrogen) atoms. The molecule has 0 saturated carbocycles. The molecule has 0 amide bonds. The first kappa shape index (κ1) is 15.3. The van der Waals surface area contributed by atoms with Crippen LogP contribution in [0, 0.1) is 27.7 Å². The third-order valence-electron chi connectivity index (χ3n) is 3.98. The summed E-state index contributed by atoms with van der Waals surface area (Å²) in [5.74, 6) is 0.699. The molecule has 4 heteroatoms. The fraction of sp³-hybridized carbons (Fsp3) is 0.222. The quantitative estimate of drug-likeness (QED) is 0.621. The van der Waals surface area contributed by atoms with Crippen LogP contribution in [0.2, 0.25) is 5.02 Å². The number of hydrogen-bond donors (Lipinski definition) is 0. The third kappa shape index (κ3) is 2.38. The lowest BCUT2D eigenvalue weighted by Gasteiger charge is -2.06. The summed E-state index contributed by atoms with van der Waals surface area (Å²) in [5.41, 5.74) is 4.19. The van der Waals surface area contributed by atoms with Gasteiger partial charge in [0.25, 0.3) is 0 Å². The van der Waals surface area contributed by atoms with Crippen LogP contribution in [0.1, 0.15) is 22.5 Å². The average Bonchev–Trinajstić information content (AvgIpc) is 2.82. The van der Waals surface area contributed by atoms with Crippen LogP contribution in [0.25, 0.3) is 11.0 Å². The van der Waals surface area contributed by atoms with Gasteiger partial charge < -0.3 is 4.42 Å². The SMILES string of the molecule is Cc1cc(C)c2c([S@@](=O)c3cccc(Cl)c3)c(C)oc2c1C. The van der Waals surface area contributed by atoms with Gasteiger partial charge in [0.15, 0.2) is 0 Å². The molecule has 0 aliphatic heterocycles. The minimum absolute atomic E-state index is 0.583. The van der Waals surface area contributed by atoms with Gasteiger partial charge in [0, 0.05) is 15.3 Å². The van der Waals surface area contributed by atoms with Crippen molar-refractivity contribution in [3.8, 4) is 0 Å². The summed E-state index contributed by atoms with van der Waals surface area (Å²) in [4.78, 5) is 1.44. The lowest BCUT2D eigenvalue weighted by atomic mass is 10.0. The number of fused-ring (bicyclic) bond motifs is 1. The topological polar surface area (TPSA) is 30.2 Å². The molecule has 3 aromatic rings. The molecule has 0 fully saturated rings. The van der Waals surface area contributed by atoms with Crippen LogP contribution < -0.4 is 0 Å². The minimum atomic E-state index is -1.32. The second-order valence-electron chi connectivity index (χ2n) is 5.55. The van der Waals surface area contributed by atoms with Crippen molar-refractivity contribution >= 4 is 33.4 Å². The van der Waals surface area contributed by atoms with Gasteiger partial charge in [-0.3, -0.25) is 0 Å². The maximum atomic E-state index is 13.0. The van der Waals surface area contributed by atoms with Crippen LogP contribution in [0.3, 0.4) is 0 Å². The van der Waals surface area contributed by atoms with E-state index < -0.39 is 10.8 Å². The summed E-state index contributed by atoms with van der Waals surface area (Å²) < 4.78 is 19.0. The highest BCUT2D eigenvalue weighted by molar-refractivity contribution is 7.85. The Morgan fingerprint density at radius 2 is 1.77 bits per heavy atom. The summed E-state index contributed by atoms with van der Waals surface area (Å²) in [6.45, 7) is 7.99. The lowest BCUT2D eigenvalue weighted by molar-refractivity contribution is 0.564. The molecule has 2 nitrogen and oxygen atoms in total. The Morgan fingerprint density at radius 3 is 2.45 bits per heavy atom. The zero-order chi connectivity index (χ0) is 16.0. The fourth-order valence-corrected chi connectivity index (χ4v) is 4.43. The molecular weight excluding hydrogens is 316 g/mol. The second kappa shape index (κ2) is 5.56. The Kier molecular flexibility index (Phi) is 3.87. The van der Waals surface area contributed by atoms with Crippen LogP contribution in [0.15, 0.2) is 44.5 Å². The number of benzene rings is 2. The van der Waals surface area contributed by atoms with E-state index in [4.69, 9.17) is 16.0 Å². The first-order chi connectivity index (χ1) is 10.4. The van der Waals surface area contributed by atoms with Crippen LogP contribution >= 0.6 is 11.6 Å². The van der Waals surface area contributed by atoms with Gasteiger partial charge in [-0.25, -0.2) is 4.21 Å². The molecule has 1 heterocycles. The summed E-state index contributed by atoms with van der Waals surface area (Å²) >= 11 is 6.03. The van der Waals surface area contributed by atoms with Crippen molar-refractivity contribution < 1.29 is 8.63 Å². The molecular formula is C18H17ClO2S. The van der Waals surface area contributed by atoms with Gasteiger partial charge in [-0.15, -0.1) is 0 Å². The standard InChI is InChI=1S/C18H17ClO2S/c1-10-8-11(2)16-17(12(10)3)21-13(4)18(16)22(20)15-7-5-6-14(19)9-15/h5-9H,1-4H3/t22-/m0/s1. The normalized spacial score (nSPS) is 12.8. The molecule has 0 unspecified atom stereocenters. The van der Waals surface area contributed by atoms with Crippen LogP contribution in [-0.2, 0) is 10.8 Å². The highest BCUT2D eigenvalue weighted by Crippen LogP contribution is 2.36. The maximum absolute atomic E-state index is 13.0. The number of hydrogen-bond acceptors (Lipinski definition) is 2. The van der Waals surface area contributed by atoms with Crippen molar-refractivity contribution in [2.24, 2.45) is 0 Å². The molecule has 3 rings (SSSR count). The predicted octanol–water partition coefficient (Wildman–Crippen LogP) is 5.49. The van der Waals surface area contributed by atoms with Crippen LogP contribution in [-0.4, -0.2) is 4.21 Å². The van der Waals surface area contributed by atoms with Gasteiger partial charge in [-0.2, -0.15) is 0 Å². The summed E-state index contributed by atoms with van der Waals surface area (Å²) in [5, 5.41) is 1.54. The Bertz CT molecular complexity index is 909. The molecule has 1 atom stereocenters. The fourth-order valence-electron chi connectivity index (χ4n) is 2.76. The molecule has 114 valence electrons. The molecule has 2 aromatic carbocycles. The Balaban J connectivity index is 2.30. The Hall–Kier alpha value is -1.58. The molecule has 0 bridgehead atoms. The van der Waals surface area contributed by atoms with E-state index >= 15 is 0 Å². The number of halogens is 1. The highest BCUT2D eigenvalue weighted by atomic mass is 35.5. The van der Waals surface area contributed by atoms with E-state index in [-0.39, 0.29) is 0 Å². The van der Waals surface area contributed by atoms with Gasteiger partial charge in [-0.1, -0.05) is 23.7 Å². The summed E-state index contributed by atoms with van der Waals surface area (Å²) in [7, 11) is -1.32. The number of furan rings is 1. The van der Waals surface area contributed by atoms with E-state index in [0.29, 0.717) is 15.7 Å². The summed E-state index contributed by atoms with van der Waals surface area (Å²) in [6, 6.07) is 9.28. The van der Waals surface area contributed by atoms with Crippen molar-refractivity contribution in [3.05, 3.63) is 57.8 Å². The largest absolute Gasteiger partial charge is 0.460 e. The van der Waals surface area contributed by atoms with Gasteiger partial charge >= 0.3 is 0 Å². The number of aryl methyl sites for hydroxylation is 4. The van der Waals surface area contributed by atoms with Gasteiger partial charge in [0.05, 0.1) is 15.7 Å². The minimum Gasteiger partial charge on any atom is -0.460 e. The van der Waals surface area contributed by atoms with E-state index in [1.165, 1.54) is 5.56 Å². The van der Waals surface area contributed by atoms with Crippen molar-refractivity contribution in [1.29, 1.82) is 0 Å². The smallest absolute Gasteiger partial charge is 0.138 e. The zero-order valence-electron chi connectivity index (χ0n) is 13.0. The van der Waals surface area contributed by atoms with Gasteiger partial charge in [0.2, 0.25) is 0 Å². The molecule has 0 radical (unpaired) electrons. The average molecular weight is 333 g/mol. The van der Waals surface area contributed by atoms with E-state index in [1.54, 1.807) is 12.1 Å². The monoisotopic (exact) mass is 332 g/mol. The van der Waals surface area contributed by atoms with E-state index in [1.807, 2.05) is 32.9 Å². The molecule has 0 aliphatic rings. The van der Waals surface area contributed by atoms with E-state index in [9.17, 15) is 4.21 Å². The van der Waals surface area contributed by atoms with Crippen molar-refractivity contribution in [1.82, 2.24) is 0 Å². The van der Waals surface area contributed by atoms with Crippen molar-refractivity contribution in [2.75, 3.05) is 0 Å². The molecule has 0 aliphatic carbocycles. The predicted molar refractivity (Wildman–Crippen MR) is 91.3 cm³/mol. The third-order valence-corrected chi connectivity index (χ3v) is 5.76.